The highest BCUT2D eigenvalue weighted by Crippen LogP contribution is 2.25. The molecule has 134 valence electrons. The standard InChI is InChI=1S/C21H24N4O/c1-2-15-5-7-16(8-6-15)19-14-22-10-11-25(19)20(26)12-17-13-24-21-18(17)4-3-9-23-21/h3-9,13,19,22H,2,10-12,14H2,1H3,(H,23,24). The zero-order valence-corrected chi connectivity index (χ0v) is 15.0. The number of hydrogen-bond donors (Lipinski definition) is 2. The fraction of sp³-hybridized carbons (Fsp3) is 0.333. The Balaban J connectivity index is 1.56. The molecule has 0 saturated carbocycles. The highest BCUT2D eigenvalue weighted by Gasteiger charge is 2.28. The van der Waals surface area contributed by atoms with E-state index in [1.165, 1.54) is 11.1 Å². The van der Waals surface area contributed by atoms with Crippen LogP contribution >= 0.6 is 0 Å². The number of nitrogens with one attached hydrogen (secondary N) is 2. The Kier molecular flexibility index (Phi) is 4.71. The molecule has 1 amide bonds. The predicted molar refractivity (Wildman–Crippen MR) is 103 cm³/mol. The molecule has 1 aliphatic rings. The first kappa shape index (κ1) is 16.8. The monoisotopic (exact) mass is 348 g/mol. The number of aromatic nitrogens is 2. The molecule has 0 spiro atoms. The molecular weight excluding hydrogens is 324 g/mol. The van der Waals surface area contributed by atoms with E-state index in [0.29, 0.717) is 6.42 Å². The number of piperazine rings is 1. The van der Waals surface area contributed by atoms with E-state index in [-0.39, 0.29) is 11.9 Å². The van der Waals surface area contributed by atoms with Gasteiger partial charge in [-0.15, -0.1) is 0 Å². The van der Waals surface area contributed by atoms with Crippen molar-refractivity contribution in [2.24, 2.45) is 0 Å². The number of carbonyl (C=O) groups excluding carboxylic acids is 1. The van der Waals surface area contributed by atoms with Crippen LogP contribution in [-0.4, -0.2) is 40.4 Å². The van der Waals surface area contributed by atoms with Gasteiger partial charge in [-0.05, 0) is 35.2 Å². The van der Waals surface area contributed by atoms with Gasteiger partial charge in [-0.2, -0.15) is 0 Å². The van der Waals surface area contributed by atoms with Crippen LogP contribution < -0.4 is 5.32 Å². The molecule has 2 aromatic heterocycles. The number of aryl methyl sites for hydroxylation is 1. The number of carbonyl (C=O) groups is 1. The zero-order chi connectivity index (χ0) is 17.9. The number of benzene rings is 1. The van der Waals surface area contributed by atoms with E-state index in [1.54, 1.807) is 6.20 Å². The normalized spacial score (nSPS) is 17.6. The maximum Gasteiger partial charge on any atom is 0.227 e. The molecule has 0 aliphatic carbocycles. The first-order chi connectivity index (χ1) is 12.8. The quantitative estimate of drug-likeness (QED) is 0.762. The fourth-order valence-electron chi connectivity index (χ4n) is 3.70. The lowest BCUT2D eigenvalue weighted by Gasteiger charge is -2.36. The Labute approximate surface area is 153 Å². The Morgan fingerprint density at radius 1 is 1.27 bits per heavy atom. The molecule has 1 fully saturated rings. The van der Waals surface area contributed by atoms with Crippen LogP contribution in [0.5, 0.6) is 0 Å². The van der Waals surface area contributed by atoms with Gasteiger partial charge in [-0.1, -0.05) is 31.2 Å². The minimum atomic E-state index is 0.0884. The molecule has 26 heavy (non-hydrogen) atoms. The summed E-state index contributed by atoms with van der Waals surface area (Å²) < 4.78 is 0. The molecule has 3 heterocycles. The summed E-state index contributed by atoms with van der Waals surface area (Å²) in [6.45, 7) is 4.53. The Morgan fingerprint density at radius 3 is 2.92 bits per heavy atom. The number of H-pyrrole nitrogens is 1. The van der Waals surface area contributed by atoms with Gasteiger partial charge in [0, 0.05) is 37.4 Å². The van der Waals surface area contributed by atoms with Crippen LogP contribution in [0, 0.1) is 0 Å². The number of fused-ring (bicyclic) bond motifs is 1. The van der Waals surface area contributed by atoms with Crippen LogP contribution in [0.3, 0.4) is 0 Å². The fourth-order valence-corrected chi connectivity index (χ4v) is 3.70. The molecule has 5 nitrogen and oxygen atoms in total. The lowest BCUT2D eigenvalue weighted by atomic mass is 10.00. The molecule has 1 saturated heterocycles. The molecule has 1 unspecified atom stereocenters. The maximum absolute atomic E-state index is 13.1. The molecule has 4 rings (SSSR count). The van der Waals surface area contributed by atoms with E-state index < -0.39 is 0 Å². The van der Waals surface area contributed by atoms with E-state index in [1.807, 2.05) is 23.2 Å². The van der Waals surface area contributed by atoms with Crippen LogP contribution in [0.25, 0.3) is 11.0 Å². The Morgan fingerprint density at radius 2 is 2.12 bits per heavy atom. The maximum atomic E-state index is 13.1. The third-order valence-electron chi connectivity index (χ3n) is 5.21. The summed E-state index contributed by atoms with van der Waals surface area (Å²) in [6.07, 6.45) is 5.09. The predicted octanol–water partition coefficient (Wildman–Crippen LogP) is 2.84. The third-order valence-corrected chi connectivity index (χ3v) is 5.21. The first-order valence-corrected chi connectivity index (χ1v) is 9.26. The van der Waals surface area contributed by atoms with Crippen molar-refractivity contribution < 1.29 is 4.79 Å². The molecule has 2 N–H and O–H groups in total. The second-order valence-corrected chi connectivity index (χ2v) is 6.79. The average Bonchev–Trinajstić information content (AvgIpc) is 3.11. The third kappa shape index (κ3) is 3.22. The zero-order valence-electron chi connectivity index (χ0n) is 15.0. The van der Waals surface area contributed by atoms with Crippen molar-refractivity contribution in [3.05, 3.63) is 65.5 Å². The van der Waals surface area contributed by atoms with Gasteiger partial charge in [0.05, 0.1) is 12.5 Å². The van der Waals surface area contributed by atoms with Gasteiger partial charge in [0.1, 0.15) is 5.65 Å². The van der Waals surface area contributed by atoms with E-state index in [0.717, 1.165) is 42.7 Å². The molecule has 1 aromatic carbocycles. The Hall–Kier alpha value is -2.66. The van der Waals surface area contributed by atoms with Crippen LogP contribution in [0.1, 0.15) is 29.7 Å². The average molecular weight is 348 g/mol. The minimum absolute atomic E-state index is 0.0884. The number of nitrogens with zero attached hydrogens (tertiary/aromatic N) is 2. The summed E-state index contributed by atoms with van der Waals surface area (Å²) in [6, 6.07) is 12.7. The second-order valence-electron chi connectivity index (χ2n) is 6.79. The van der Waals surface area contributed by atoms with Gasteiger partial charge in [0.15, 0.2) is 0 Å². The number of hydrogen-bond acceptors (Lipinski definition) is 3. The molecule has 0 bridgehead atoms. The van der Waals surface area contributed by atoms with Crippen molar-refractivity contribution in [1.29, 1.82) is 0 Å². The van der Waals surface area contributed by atoms with E-state index in [9.17, 15) is 4.79 Å². The number of amides is 1. The lowest BCUT2D eigenvalue weighted by Crippen LogP contribution is -2.49. The molecular formula is C21H24N4O. The summed E-state index contributed by atoms with van der Waals surface area (Å²) in [5.74, 6) is 0.167. The van der Waals surface area contributed by atoms with Crippen LogP contribution in [0.15, 0.2) is 48.8 Å². The van der Waals surface area contributed by atoms with E-state index >= 15 is 0 Å². The van der Waals surface area contributed by atoms with Crippen molar-refractivity contribution in [3.63, 3.8) is 0 Å². The minimum Gasteiger partial charge on any atom is -0.346 e. The highest BCUT2D eigenvalue weighted by molar-refractivity contribution is 5.87. The van der Waals surface area contributed by atoms with E-state index in [4.69, 9.17) is 0 Å². The van der Waals surface area contributed by atoms with Gasteiger partial charge in [-0.3, -0.25) is 4.79 Å². The van der Waals surface area contributed by atoms with Gasteiger partial charge < -0.3 is 15.2 Å². The second kappa shape index (κ2) is 7.30. The smallest absolute Gasteiger partial charge is 0.227 e. The molecule has 0 radical (unpaired) electrons. The lowest BCUT2D eigenvalue weighted by molar-refractivity contribution is -0.133. The summed E-state index contributed by atoms with van der Waals surface area (Å²) in [5, 5.41) is 4.45. The van der Waals surface area contributed by atoms with Crippen LogP contribution in [-0.2, 0) is 17.6 Å². The van der Waals surface area contributed by atoms with Gasteiger partial charge in [-0.25, -0.2) is 4.98 Å². The number of pyridine rings is 1. The highest BCUT2D eigenvalue weighted by atomic mass is 16.2. The molecule has 1 atom stereocenters. The summed E-state index contributed by atoms with van der Waals surface area (Å²) in [7, 11) is 0. The summed E-state index contributed by atoms with van der Waals surface area (Å²) >= 11 is 0. The van der Waals surface area contributed by atoms with Crippen molar-refractivity contribution in [2.75, 3.05) is 19.6 Å². The van der Waals surface area contributed by atoms with Crippen molar-refractivity contribution in [1.82, 2.24) is 20.2 Å². The number of aromatic amines is 1. The van der Waals surface area contributed by atoms with Gasteiger partial charge in [0.2, 0.25) is 5.91 Å². The first-order valence-electron chi connectivity index (χ1n) is 9.26. The molecule has 5 heteroatoms. The molecule has 1 aliphatic heterocycles. The van der Waals surface area contributed by atoms with Crippen molar-refractivity contribution in [2.45, 2.75) is 25.8 Å². The van der Waals surface area contributed by atoms with Gasteiger partial charge >= 0.3 is 0 Å². The van der Waals surface area contributed by atoms with Gasteiger partial charge in [0.25, 0.3) is 0 Å². The Bertz CT molecular complexity index is 900. The van der Waals surface area contributed by atoms with Crippen molar-refractivity contribution in [3.8, 4) is 0 Å². The number of rotatable bonds is 4. The van der Waals surface area contributed by atoms with E-state index in [2.05, 4.69) is 46.5 Å². The van der Waals surface area contributed by atoms with Crippen molar-refractivity contribution >= 4 is 16.9 Å². The topological polar surface area (TPSA) is 61.0 Å². The van der Waals surface area contributed by atoms with Crippen LogP contribution in [0.4, 0.5) is 0 Å². The van der Waals surface area contributed by atoms with Crippen LogP contribution in [0.2, 0.25) is 0 Å². The molecule has 3 aromatic rings. The largest absolute Gasteiger partial charge is 0.346 e. The summed E-state index contributed by atoms with van der Waals surface area (Å²) in [4.78, 5) is 22.6. The SMILES string of the molecule is CCc1ccc(C2CNCCN2C(=O)Cc2c[nH]c3ncccc23)cc1. The summed E-state index contributed by atoms with van der Waals surface area (Å²) in [5.41, 5.74) is 4.36.